The summed E-state index contributed by atoms with van der Waals surface area (Å²) in [6.07, 6.45) is 1.73. The van der Waals surface area contributed by atoms with Gasteiger partial charge in [0, 0.05) is 37.0 Å². The third-order valence-corrected chi connectivity index (χ3v) is 4.48. The van der Waals surface area contributed by atoms with Crippen molar-refractivity contribution >= 4 is 12.0 Å². The first-order valence-corrected chi connectivity index (χ1v) is 9.18. The van der Waals surface area contributed by atoms with E-state index < -0.39 is 17.4 Å². The summed E-state index contributed by atoms with van der Waals surface area (Å²) >= 11 is 0. The molecule has 1 heterocycles. The molecule has 0 bridgehead atoms. The van der Waals surface area contributed by atoms with Crippen molar-refractivity contribution in [1.82, 2.24) is 5.32 Å². The Hall–Kier alpha value is -2.51. The highest BCUT2D eigenvalue weighted by Gasteiger charge is 2.29. The Balaban J connectivity index is 1.72. The molecular weight excluding hydrogens is 364 g/mol. The second-order valence-corrected chi connectivity index (χ2v) is 7.28. The summed E-state index contributed by atoms with van der Waals surface area (Å²) < 4.78 is 38.3. The molecule has 5 nitrogen and oxygen atoms in total. The van der Waals surface area contributed by atoms with E-state index in [9.17, 15) is 8.78 Å². The summed E-state index contributed by atoms with van der Waals surface area (Å²) in [5.41, 5.74) is 1.98. The van der Waals surface area contributed by atoms with E-state index in [1.54, 1.807) is 6.34 Å². The minimum absolute atomic E-state index is 0.101. The van der Waals surface area contributed by atoms with Crippen LogP contribution in [0.4, 0.5) is 14.5 Å². The molecule has 0 aliphatic carbocycles. The number of nitrogens with one attached hydrogen (secondary N) is 2. The van der Waals surface area contributed by atoms with E-state index in [0.717, 1.165) is 41.6 Å². The quantitative estimate of drug-likeness (QED) is 0.582. The highest BCUT2D eigenvalue weighted by atomic mass is 19.1. The Morgan fingerprint density at radius 2 is 1.89 bits per heavy atom. The minimum atomic E-state index is -0.680. The Morgan fingerprint density at radius 1 is 1.18 bits per heavy atom. The van der Waals surface area contributed by atoms with Crippen LogP contribution in [0.1, 0.15) is 25.0 Å². The Labute approximate surface area is 163 Å². The lowest BCUT2D eigenvalue weighted by Crippen LogP contribution is -2.50. The number of hydrogen-bond donors (Lipinski definition) is 2. The van der Waals surface area contributed by atoms with Gasteiger partial charge in [0.2, 0.25) is 0 Å². The molecule has 1 aliphatic rings. The molecule has 2 aromatic rings. The van der Waals surface area contributed by atoms with Crippen LogP contribution in [-0.2, 0) is 4.74 Å². The van der Waals surface area contributed by atoms with Crippen molar-refractivity contribution in [3.8, 4) is 11.5 Å². The molecule has 0 aromatic heterocycles. The summed E-state index contributed by atoms with van der Waals surface area (Å²) in [6, 6.07) is 6.82. The van der Waals surface area contributed by atoms with Gasteiger partial charge in [0.25, 0.3) is 0 Å². The Kier molecular flexibility index (Phi) is 5.96. The van der Waals surface area contributed by atoms with Gasteiger partial charge >= 0.3 is 0 Å². The molecule has 0 radical (unpaired) electrons. The molecule has 28 heavy (non-hydrogen) atoms. The van der Waals surface area contributed by atoms with Gasteiger partial charge in [-0.1, -0.05) is 0 Å². The Bertz CT molecular complexity index is 868. The molecule has 1 fully saturated rings. The maximum absolute atomic E-state index is 13.4. The number of halogens is 2. The second kappa shape index (κ2) is 8.24. The lowest BCUT2D eigenvalue weighted by molar-refractivity contribution is -0.0910. The number of anilines is 1. The van der Waals surface area contributed by atoms with E-state index in [2.05, 4.69) is 15.6 Å². The molecule has 2 atom stereocenters. The van der Waals surface area contributed by atoms with E-state index in [-0.39, 0.29) is 11.9 Å². The maximum atomic E-state index is 13.4. The van der Waals surface area contributed by atoms with Crippen molar-refractivity contribution in [2.45, 2.75) is 39.5 Å². The molecule has 7 heteroatoms. The van der Waals surface area contributed by atoms with Crippen LogP contribution in [0.2, 0.25) is 0 Å². The van der Waals surface area contributed by atoms with E-state index in [0.29, 0.717) is 12.3 Å². The zero-order chi connectivity index (χ0) is 20.3. The summed E-state index contributed by atoms with van der Waals surface area (Å²) in [5.74, 6) is -0.709. The molecule has 1 aliphatic heterocycles. The van der Waals surface area contributed by atoms with Gasteiger partial charge in [0.05, 0.1) is 12.4 Å². The third kappa shape index (κ3) is 5.05. The first-order chi connectivity index (χ1) is 13.2. The third-order valence-electron chi connectivity index (χ3n) is 4.48. The van der Waals surface area contributed by atoms with Crippen molar-refractivity contribution in [3.63, 3.8) is 0 Å². The van der Waals surface area contributed by atoms with Gasteiger partial charge in [-0.15, -0.1) is 0 Å². The van der Waals surface area contributed by atoms with Crippen LogP contribution in [-0.4, -0.2) is 31.3 Å². The molecule has 150 valence electrons. The first kappa shape index (κ1) is 20.2. The minimum Gasteiger partial charge on any atom is -0.457 e. The van der Waals surface area contributed by atoms with E-state index in [1.165, 1.54) is 0 Å². The topological polar surface area (TPSA) is 54.9 Å². The van der Waals surface area contributed by atoms with Gasteiger partial charge in [-0.05, 0) is 51.0 Å². The molecule has 1 saturated heterocycles. The fourth-order valence-corrected chi connectivity index (χ4v) is 3.11. The Morgan fingerprint density at radius 3 is 2.57 bits per heavy atom. The molecule has 2 N–H and O–H groups in total. The predicted molar refractivity (Wildman–Crippen MR) is 106 cm³/mol. The number of nitrogens with zero attached hydrogens (tertiary/aromatic N) is 1. The fourth-order valence-electron chi connectivity index (χ4n) is 3.11. The SMILES string of the molecule is Cc1cc(Oc2cc(F)cc(F)c2)c(C)cc1NC=NC1(C)CNCC(C)O1. The fraction of sp³-hybridized carbons (Fsp3) is 0.381. The molecule has 0 amide bonds. The first-order valence-electron chi connectivity index (χ1n) is 9.18. The largest absolute Gasteiger partial charge is 0.457 e. The summed E-state index contributed by atoms with van der Waals surface area (Å²) in [5, 5.41) is 6.47. The number of morpholine rings is 1. The molecule has 0 saturated carbocycles. The average Bonchev–Trinajstić information content (AvgIpc) is 2.58. The predicted octanol–water partition coefficient (Wildman–Crippen LogP) is 4.54. The van der Waals surface area contributed by atoms with E-state index >= 15 is 0 Å². The molecule has 0 spiro atoms. The van der Waals surface area contributed by atoms with Crippen molar-refractivity contribution in [2.24, 2.45) is 4.99 Å². The average molecular weight is 389 g/mol. The summed E-state index contributed by atoms with van der Waals surface area (Å²) in [4.78, 5) is 4.51. The highest BCUT2D eigenvalue weighted by Crippen LogP contribution is 2.31. The highest BCUT2D eigenvalue weighted by molar-refractivity contribution is 5.78. The van der Waals surface area contributed by atoms with Crippen molar-refractivity contribution in [1.29, 1.82) is 0 Å². The zero-order valence-electron chi connectivity index (χ0n) is 16.5. The van der Waals surface area contributed by atoms with Crippen molar-refractivity contribution in [2.75, 3.05) is 18.4 Å². The van der Waals surface area contributed by atoms with Gasteiger partial charge in [-0.2, -0.15) is 0 Å². The normalized spacial score (nSPS) is 22.4. The van der Waals surface area contributed by atoms with Crippen LogP contribution in [0.3, 0.4) is 0 Å². The van der Waals surface area contributed by atoms with Crippen LogP contribution in [0.25, 0.3) is 0 Å². The smallest absolute Gasteiger partial charge is 0.170 e. The van der Waals surface area contributed by atoms with Crippen LogP contribution in [0, 0.1) is 25.5 Å². The van der Waals surface area contributed by atoms with Crippen LogP contribution in [0.15, 0.2) is 35.3 Å². The van der Waals surface area contributed by atoms with Crippen LogP contribution >= 0.6 is 0 Å². The lowest BCUT2D eigenvalue weighted by Gasteiger charge is -2.34. The van der Waals surface area contributed by atoms with Crippen molar-refractivity contribution < 1.29 is 18.3 Å². The zero-order valence-corrected chi connectivity index (χ0v) is 16.5. The number of aliphatic imine (C=N–C) groups is 1. The number of aryl methyl sites for hydroxylation is 2. The van der Waals surface area contributed by atoms with Crippen LogP contribution in [0.5, 0.6) is 11.5 Å². The number of ether oxygens (including phenoxy) is 2. The van der Waals surface area contributed by atoms with E-state index in [1.807, 2.05) is 39.8 Å². The number of benzene rings is 2. The second-order valence-electron chi connectivity index (χ2n) is 7.28. The number of rotatable bonds is 5. The standard InChI is InChI=1S/C21H25F2N3O2/c1-13-6-20(27-18-8-16(22)7-17(23)9-18)14(2)5-19(13)25-12-26-21(4)11-24-10-15(3)28-21/h5-9,12,15,24H,10-11H2,1-4H3,(H,25,26). The summed E-state index contributed by atoms with van der Waals surface area (Å²) in [7, 11) is 0. The van der Waals surface area contributed by atoms with Gasteiger partial charge < -0.3 is 20.1 Å². The van der Waals surface area contributed by atoms with Gasteiger partial charge in [-0.25, -0.2) is 13.8 Å². The van der Waals surface area contributed by atoms with Gasteiger partial charge in [-0.3, -0.25) is 0 Å². The molecule has 2 unspecified atom stereocenters. The van der Waals surface area contributed by atoms with Crippen LogP contribution < -0.4 is 15.4 Å². The number of hydrogen-bond acceptors (Lipinski definition) is 4. The van der Waals surface area contributed by atoms with Gasteiger partial charge in [0.1, 0.15) is 23.1 Å². The van der Waals surface area contributed by atoms with E-state index in [4.69, 9.17) is 9.47 Å². The van der Waals surface area contributed by atoms with Gasteiger partial charge in [0.15, 0.2) is 5.72 Å². The maximum Gasteiger partial charge on any atom is 0.170 e. The molecule has 3 rings (SSSR count). The summed E-state index contributed by atoms with van der Waals surface area (Å²) in [6.45, 7) is 9.17. The lowest BCUT2D eigenvalue weighted by atomic mass is 10.1. The molecular formula is C21H25F2N3O2. The van der Waals surface area contributed by atoms with Crippen molar-refractivity contribution in [3.05, 3.63) is 53.1 Å². The monoisotopic (exact) mass is 389 g/mol. The molecule has 2 aromatic carbocycles.